The van der Waals surface area contributed by atoms with E-state index in [4.69, 9.17) is 0 Å². The zero-order valence-electron chi connectivity index (χ0n) is 13.6. The highest BCUT2D eigenvalue weighted by Gasteiger charge is 2.31. The Morgan fingerprint density at radius 3 is 2.28 bits per heavy atom. The molecule has 1 saturated carbocycles. The van der Waals surface area contributed by atoms with Gasteiger partial charge in [-0.25, -0.2) is 0 Å². The first-order valence-electron chi connectivity index (χ1n) is 8.10. The molecule has 1 aliphatic carbocycles. The predicted molar refractivity (Wildman–Crippen MR) is 81.8 cm³/mol. The fourth-order valence-corrected chi connectivity index (χ4v) is 3.51. The van der Waals surface area contributed by atoms with E-state index in [9.17, 15) is 0 Å². The molecule has 18 heavy (non-hydrogen) atoms. The molecule has 1 heteroatoms. The summed E-state index contributed by atoms with van der Waals surface area (Å²) in [5.41, 5.74) is 0.255. The molecule has 0 aliphatic heterocycles. The molecule has 1 fully saturated rings. The van der Waals surface area contributed by atoms with Crippen LogP contribution >= 0.6 is 0 Å². The Balaban J connectivity index is 2.48. The van der Waals surface area contributed by atoms with Crippen LogP contribution in [0.2, 0.25) is 0 Å². The normalized spacial score (nSPS) is 29.0. The van der Waals surface area contributed by atoms with Crippen molar-refractivity contribution in [3.05, 3.63) is 0 Å². The molecule has 108 valence electrons. The van der Waals surface area contributed by atoms with Gasteiger partial charge < -0.3 is 5.32 Å². The van der Waals surface area contributed by atoms with Crippen molar-refractivity contribution in [3.63, 3.8) is 0 Å². The van der Waals surface area contributed by atoms with E-state index >= 15 is 0 Å². The average Bonchev–Trinajstić information content (AvgIpc) is 2.34. The monoisotopic (exact) mass is 253 g/mol. The molecule has 1 rings (SSSR count). The van der Waals surface area contributed by atoms with Crippen molar-refractivity contribution in [3.8, 4) is 0 Å². The van der Waals surface area contributed by atoms with Crippen LogP contribution in [0, 0.1) is 23.7 Å². The highest BCUT2D eigenvalue weighted by Crippen LogP contribution is 2.39. The van der Waals surface area contributed by atoms with E-state index < -0.39 is 0 Å². The molecule has 0 saturated heterocycles. The van der Waals surface area contributed by atoms with Crippen molar-refractivity contribution >= 4 is 0 Å². The van der Waals surface area contributed by atoms with Gasteiger partial charge in [-0.05, 0) is 57.4 Å². The second-order valence-corrected chi connectivity index (χ2v) is 7.58. The van der Waals surface area contributed by atoms with E-state index in [0.717, 1.165) is 30.2 Å². The van der Waals surface area contributed by atoms with Gasteiger partial charge >= 0.3 is 0 Å². The van der Waals surface area contributed by atoms with Gasteiger partial charge in [-0.1, -0.05) is 46.5 Å². The molecule has 0 heterocycles. The van der Waals surface area contributed by atoms with Crippen LogP contribution in [0.5, 0.6) is 0 Å². The molecule has 0 aromatic carbocycles. The number of hydrogen-bond acceptors (Lipinski definition) is 1. The third-order valence-electron chi connectivity index (χ3n) is 5.02. The molecule has 4 unspecified atom stereocenters. The fraction of sp³-hybridized carbons (Fsp3) is 1.00. The van der Waals surface area contributed by atoms with Crippen LogP contribution in [0.3, 0.4) is 0 Å². The molecular formula is C17H35N. The van der Waals surface area contributed by atoms with Crippen molar-refractivity contribution in [2.75, 3.05) is 6.54 Å². The van der Waals surface area contributed by atoms with E-state index in [-0.39, 0.29) is 5.54 Å². The summed E-state index contributed by atoms with van der Waals surface area (Å²) in [6.45, 7) is 15.3. The first-order chi connectivity index (χ1) is 8.35. The fourth-order valence-electron chi connectivity index (χ4n) is 3.51. The molecule has 1 nitrogen and oxygen atoms in total. The summed E-state index contributed by atoms with van der Waals surface area (Å²) >= 11 is 0. The number of nitrogens with one attached hydrogen (secondary N) is 1. The maximum absolute atomic E-state index is 3.67. The minimum absolute atomic E-state index is 0.255. The van der Waals surface area contributed by atoms with Crippen molar-refractivity contribution in [2.45, 2.75) is 79.2 Å². The van der Waals surface area contributed by atoms with Gasteiger partial charge in [0, 0.05) is 5.54 Å². The highest BCUT2D eigenvalue weighted by atomic mass is 14.9. The minimum atomic E-state index is 0.255. The molecule has 0 aromatic rings. The third kappa shape index (κ3) is 4.91. The smallest absolute Gasteiger partial charge is 0.00966 e. The lowest BCUT2D eigenvalue weighted by Gasteiger charge is -2.38. The van der Waals surface area contributed by atoms with Gasteiger partial charge in [0.05, 0.1) is 0 Å². The molecule has 0 spiro atoms. The van der Waals surface area contributed by atoms with E-state index in [1.807, 2.05) is 0 Å². The standard InChI is InChI=1S/C17H35N/c1-7-15-10-8-9-11-16(15)14(3)13(2)12-18-17(4,5)6/h13-16,18H,7-12H2,1-6H3. The maximum atomic E-state index is 3.67. The lowest BCUT2D eigenvalue weighted by Crippen LogP contribution is -2.41. The van der Waals surface area contributed by atoms with E-state index in [1.165, 1.54) is 32.1 Å². The highest BCUT2D eigenvalue weighted by molar-refractivity contribution is 4.82. The molecule has 1 aliphatic rings. The van der Waals surface area contributed by atoms with Gasteiger partial charge in [0.1, 0.15) is 0 Å². The predicted octanol–water partition coefficient (Wildman–Crippen LogP) is 4.86. The minimum Gasteiger partial charge on any atom is -0.312 e. The summed E-state index contributed by atoms with van der Waals surface area (Å²) in [5.74, 6) is 3.62. The molecule has 0 bridgehead atoms. The molecule has 1 N–H and O–H groups in total. The Labute approximate surface area is 115 Å². The van der Waals surface area contributed by atoms with E-state index in [1.54, 1.807) is 0 Å². The summed E-state index contributed by atoms with van der Waals surface area (Å²) in [7, 11) is 0. The van der Waals surface area contributed by atoms with Crippen LogP contribution in [0.25, 0.3) is 0 Å². The van der Waals surface area contributed by atoms with Crippen molar-refractivity contribution in [2.24, 2.45) is 23.7 Å². The number of rotatable bonds is 5. The molecule has 4 atom stereocenters. The Morgan fingerprint density at radius 2 is 1.72 bits per heavy atom. The largest absolute Gasteiger partial charge is 0.312 e. The van der Waals surface area contributed by atoms with Crippen molar-refractivity contribution in [1.29, 1.82) is 0 Å². The first-order valence-corrected chi connectivity index (χ1v) is 8.10. The van der Waals surface area contributed by atoms with Gasteiger partial charge in [0.15, 0.2) is 0 Å². The quantitative estimate of drug-likeness (QED) is 0.737. The average molecular weight is 253 g/mol. The topological polar surface area (TPSA) is 12.0 Å². The van der Waals surface area contributed by atoms with Gasteiger partial charge in [-0.3, -0.25) is 0 Å². The van der Waals surface area contributed by atoms with Gasteiger partial charge in [0.25, 0.3) is 0 Å². The van der Waals surface area contributed by atoms with Gasteiger partial charge in [-0.15, -0.1) is 0 Å². The van der Waals surface area contributed by atoms with Crippen LogP contribution in [0.4, 0.5) is 0 Å². The van der Waals surface area contributed by atoms with Crippen LogP contribution in [0.1, 0.15) is 73.6 Å². The van der Waals surface area contributed by atoms with E-state index in [2.05, 4.69) is 46.9 Å². The maximum Gasteiger partial charge on any atom is 0.00966 e. The lowest BCUT2D eigenvalue weighted by molar-refractivity contribution is 0.125. The second kappa shape index (κ2) is 6.93. The Bertz CT molecular complexity index is 228. The summed E-state index contributed by atoms with van der Waals surface area (Å²) in [4.78, 5) is 0. The molecular weight excluding hydrogens is 218 g/mol. The molecule has 0 aromatic heterocycles. The Kier molecular flexibility index (Phi) is 6.17. The molecule has 0 radical (unpaired) electrons. The Morgan fingerprint density at radius 1 is 1.11 bits per heavy atom. The summed E-state index contributed by atoms with van der Waals surface area (Å²) in [5, 5.41) is 3.67. The van der Waals surface area contributed by atoms with Crippen LogP contribution in [-0.2, 0) is 0 Å². The third-order valence-corrected chi connectivity index (χ3v) is 5.02. The van der Waals surface area contributed by atoms with Gasteiger partial charge in [-0.2, -0.15) is 0 Å². The summed E-state index contributed by atoms with van der Waals surface area (Å²) in [6.07, 6.45) is 7.26. The van der Waals surface area contributed by atoms with E-state index in [0.29, 0.717) is 0 Å². The van der Waals surface area contributed by atoms with Crippen LogP contribution in [0.15, 0.2) is 0 Å². The van der Waals surface area contributed by atoms with Crippen molar-refractivity contribution < 1.29 is 0 Å². The lowest BCUT2D eigenvalue weighted by atomic mass is 9.68. The van der Waals surface area contributed by atoms with Crippen LogP contribution < -0.4 is 5.32 Å². The van der Waals surface area contributed by atoms with Crippen molar-refractivity contribution in [1.82, 2.24) is 5.32 Å². The molecule has 0 amide bonds. The SMILES string of the molecule is CCC1CCCCC1C(C)C(C)CNC(C)(C)C. The number of hydrogen-bond donors (Lipinski definition) is 1. The van der Waals surface area contributed by atoms with Gasteiger partial charge in [0.2, 0.25) is 0 Å². The Hall–Kier alpha value is -0.0400. The first kappa shape index (κ1) is 16.0. The summed E-state index contributed by atoms with van der Waals surface area (Å²) in [6, 6.07) is 0. The zero-order valence-corrected chi connectivity index (χ0v) is 13.6. The summed E-state index contributed by atoms with van der Waals surface area (Å²) < 4.78 is 0. The van der Waals surface area contributed by atoms with Crippen LogP contribution in [-0.4, -0.2) is 12.1 Å². The second-order valence-electron chi connectivity index (χ2n) is 7.58. The zero-order chi connectivity index (χ0) is 13.8.